The molecule has 4 heterocycles. The Bertz CT molecular complexity index is 1680. The quantitative estimate of drug-likeness (QED) is 0.373. The highest BCUT2D eigenvalue weighted by Gasteiger charge is 2.27. The molecule has 0 saturated carbocycles. The Morgan fingerprint density at radius 1 is 1.13 bits per heavy atom. The summed E-state index contributed by atoms with van der Waals surface area (Å²) in [5, 5.41) is 2.61. The summed E-state index contributed by atoms with van der Waals surface area (Å²) in [4.78, 5) is 62.8. The highest BCUT2D eigenvalue weighted by atomic mass is 19.3. The molecular formula is C25H25F2N7O4. The Morgan fingerprint density at radius 3 is 2.55 bits per heavy atom. The highest BCUT2D eigenvalue weighted by molar-refractivity contribution is 5.90. The number of anilines is 1. The van der Waals surface area contributed by atoms with Crippen LogP contribution in [-0.4, -0.2) is 40.3 Å². The molecule has 0 spiro atoms. The Kier molecular flexibility index (Phi) is 7.03. The number of hydrogen-bond acceptors (Lipinski definition) is 7. The van der Waals surface area contributed by atoms with E-state index in [1.165, 1.54) is 43.2 Å². The largest absolute Gasteiger partial charge is 0.332 e. The summed E-state index contributed by atoms with van der Waals surface area (Å²) in [7, 11) is 1.42. The summed E-state index contributed by atoms with van der Waals surface area (Å²) in [5.74, 6) is -3.78. The molecule has 198 valence electrons. The topological polar surface area (TPSA) is 134 Å². The van der Waals surface area contributed by atoms with E-state index in [2.05, 4.69) is 20.3 Å². The van der Waals surface area contributed by atoms with E-state index in [0.717, 1.165) is 16.1 Å². The molecule has 0 atom stereocenters. The van der Waals surface area contributed by atoms with Gasteiger partial charge in [-0.1, -0.05) is 13.0 Å². The number of hydrogen-bond donors (Lipinski definition) is 1. The Hall–Kier alpha value is -4.55. The first kappa shape index (κ1) is 26.5. The molecular weight excluding hydrogens is 500 g/mol. The summed E-state index contributed by atoms with van der Waals surface area (Å²) >= 11 is 0. The van der Waals surface area contributed by atoms with Gasteiger partial charge in [0.1, 0.15) is 12.4 Å². The average molecular weight is 526 g/mol. The maximum Gasteiger partial charge on any atom is 0.332 e. The fraction of sp³-hybridized carbons (Fsp3) is 0.320. The van der Waals surface area contributed by atoms with Gasteiger partial charge in [0, 0.05) is 43.4 Å². The Balaban J connectivity index is 1.61. The molecule has 0 saturated heterocycles. The second kappa shape index (κ2) is 10.1. The fourth-order valence-electron chi connectivity index (χ4n) is 3.99. The molecule has 0 radical (unpaired) electrons. The van der Waals surface area contributed by atoms with E-state index >= 15 is 0 Å². The molecule has 0 unspecified atom stereocenters. The van der Waals surface area contributed by atoms with Crippen molar-refractivity contribution in [2.75, 3.05) is 5.32 Å². The van der Waals surface area contributed by atoms with E-state index in [9.17, 15) is 28.0 Å². The summed E-state index contributed by atoms with van der Waals surface area (Å²) in [5.41, 5.74) is -0.692. The molecule has 0 aromatic carbocycles. The van der Waals surface area contributed by atoms with Crippen LogP contribution in [0, 0.1) is 6.92 Å². The number of pyridine rings is 2. The van der Waals surface area contributed by atoms with Crippen molar-refractivity contribution in [3.63, 3.8) is 0 Å². The van der Waals surface area contributed by atoms with E-state index in [1.807, 2.05) is 0 Å². The van der Waals surface area contributed by atoms with E-state index in [0.29, 0.717) is 11.3 Å². The van der Waals surface area contributed by atoms with Crippen LogP contribution in [0.25, 0.3) is 22.4 Å². The van der Waals surface area contributed by atoms with E-state index in [4.69, 9.17) is 0 Å². The number of alkyl halides is 2. The summed E-state index contributed by atoms with van der Waals surface area (Å²) in [6.07, 6.45) is 2.84. The van der Waals surface area contributed by atoms with E-state index < -0.39 is 23.1 Å². The van der Waals surface area contributed by atoms with Crippen molar-refractivity contribution < 1.29 is 18.4 Å². The van der Waals surface area contributed by atoms with Crippen LogP contribution in [0.15, 0.2) is 46.4 Å². The standard InChI is InChI=1S/C25H25F2N7O4/c1-5-16(35)11-34-23(37)21-22(32(4)24(34)38)29-13-33(21)12-20(36)31-19-8-6-7-18(30-19)15-9-17(25(3,26)27)14(2)28-10-15/h6-10,13H,5,11-12H2,1-4H3,(H,30,31,36). The lowest BCUT2D eigenvalue weighted by Gasteiger charge is -2.14. The second-order valence-electron chi connectivity index (χ2n) is 8.87. The molecule has 0 aliphatic heterocycles. The van der Waals surface area contributed by atoms with Crippen LogP contribution in [0.3, 0.4) is 0 Å². The molecule has 0 fully saturated rings. The number of amides is 1. The van der Waals surface area contributed by atoms with Gasteiger partial charge in [-0.2, -0.15) is 0 Å². The van der Waals surface area contributed by atoms with Crippen LogP contribution >= 0.6 is 0 Å². The molecule has 1 amide bonds. The first-order valence-corrected chi connectivity index (χ1v) is 11.7. The van der Waals surface area contributed by atoms with Crippen LogP contribution in [-0.2, 0) is 35.6 Å². The maximum atomic E-state index is 14.0. The minimum absolute atomic E-state index is 0.00776. The zero-order valence-corrected chi connectivity index (χ0v) is 21.2. The van der Waals surface area contributed by atoms with Crippen molar-refractivity contribution in [1.82, 2.24) is 28.7 Å². The number of imidazole rings is 1. The van der Waals surface area contributed by atoms with Gasteiger partial charge in [-0.25, -0.2) is 23.5 Å². The summed E-state index contributed by atoms with van der Waals surface area (Å²) in [6, 6.07) is 6.04. The molecule has 0 bridgehead atoms. The van der Waals surface area contributed by atoms with Gasteiger partial charge >= 0.3 is 5.69 Å². The normalized spacial score (nSPS) is 11.6. The molecule has 38 heavy (non-hydrogen) atoms. The number of halogens is 2. The van der Waals surface area contributed by atoms with Crippen molar-refractivity contribution in [1.29, 1.82) is 0 Å². The molecule has 0 aliphatic rings. The third kappa shape index (κ3) is 5.12. The first-order valence-electron chi connectivity index (χ1n) is 11.7. The van der Waals surface area contributed by atoms with Gasteiger partial charge in [-0.3, -0.25) is 28.5 Å². The van der Waals surface area contributed by atoms with Gasteiger partial charge in [0.25, 0.3) is 11.5 Å². The van der Waals surface area contributed by atoms with Crippen molar-refractivity contribution in [3.8, 4) is 11.3 Å². The number of carbonyl (C=O) groups is 2. The zero-order chi connectivity index (χ0) is 27.8. The highest BCUT2D eigenvalue weighted by Crippen LogP contribution is 2.31. The maximum absolute atomic E-state index is 14.0. The molecule has 4 rings (SSSR count). The smallest absolute Gasteiger partial charge is 0.315 e. The van der Waals surface area contributed by atoms with Gasteiger partial charge in [0.15, 0.2) is 16.9 Å². The molecule has 4 aromatic heterocycles. The van der Waals surface area contributed by atoms with Crippen molar-refractivity contribution in [3.05, 3.63) is 68.9 Å². The average Bonchev–Trinajstić information content (AvgIpc) is 3.28. The van der Waals surface area contributed by atoms with Gasteiger partial charge in [0.2, 0.25) is 5.91 Å². The van der Waals surface area contributed by atoms with Crippen LogP contribution in [0.5, 0.6) is 0 Å². The predicted octanol–water partition coefficient (Wildman–Crippen LogP) is 2.39. The first-order chi connectivity index (χ1) is 17.9. The Labute approximate surface area is 214 Å². The Morgan fingerprint density at radius 2 is 1.87 bits per heavy atom. The number of fused-ring (bicyclic) bond motifs is 1. The van der Waals surface area contributed by atoms with E-state index in [-0.39, 0.29) is 53.5 Å². The predicted molar refractivity (Wildman–Crippen MR) is 135 cm³/mol. The molecule has 4 aromatic rings. The third-order valence-corrected chi connectivity index (χ3v) is 6.02. The number of aryl methyl sites for hydroxylation is 2. The molecule has 13 heteroatoms. The van der Waals surface area contributed by atoms with Crippen LogP contribution in [0.2, 0.25) is 0 Å². The van der Waals surface area contributed by atoms with Crippen LogP contribution in [0.1, 0.15) is 31.5 Å². The number of carbonyl (C=O) groups excluding carboxylic acids is 2. The lowest BCUT2D eigenvalue weighted by Crippen LogP contribution is -2.41. The number of Topliss-reactive ketones (excluding diaryl/α,β-unsaturated/α-hetero) is 1. The number of nitrogens with one attached hydrogen (secondary N) is 1. The second-order valence-corrected chi connectivity index (χ2v) is 8.87. The minimum Gasteiger partial charge on any atom is -0.315 e. The third-order valence-electron chi connectivity index (χ3n) is 6.02. The molecule has 11 nitrogen and oxygen atoms in total. The lowest BCUT2D eigenvalue weighted by molar-refractivity contribution is -0.119. The van der Waals surface area contributed by atoms with Gasteiger partial charge in [-0.15, -0.1) is 0 Å². The summed E-state index contributed by atoms with van der Waals surface area (Å²) in [6.45, 7) is 3.19. The minimum atomic E-state index is -3.08. The van der Waals surface area contributed by atoms with Crippen molar-refractivity contribution in [2.24, 2.45) is 7.05 Å². The summed E-state index contributed by atoms with van der Waals surface area (Å²) < 4.78 is 31.1. The van der Waals surface area contributed by atoms with Gasteiger partial charge < -0.3 is 9.88 Å². The molecule has 1 N–H and O–H groups in total. The van der Waals surface area contributed by atoms with Crippen LogP contribution in [0.4, 0.5) is 14.6 Å². The number of aromatic nitrogens is 6. The van der Waals surface area contributed by atoms with Crippen molar-refractivity contribution >= 4 is 28.7 Å². The van der Waals surface area contributed by atoms with E-state index in [1.54, 1.807) is 19.1 Å². The van der Waals surface area contributed by atoms with Crippen LogP contribution < -0.4 is 16.6 Å². The SMILES string of the molecule is CCC(=O)Cn1c(=O)c2c(ncn2CC(=O)Nc2cccc(-c3cnc(C)c(C(C)(F)F)c3)n2)n(C)c1=O. The lowest BCUT2D eigenvalue weighted by atomic mass is 10.0. The molecule has 0 aliphatic carbocycles. The monoisotopic (exact) mass is 525 g/mol. The zero-order valence-electron chi connectivity index (χ0n) is 21.2. The number of rotatable bonds is 8. The van der Waals surface area contributed by atoms with Gasteiger partial charge in [0.05, 0.1) is 18.6 Å². The number of ketones is 1. The number of nitrogens with zero attached hydrogens (tertiary/aromatic N) is 6. The van der Waals surface area contributed by atoms with Gasteiger partial charge in [-0.05, 0) is 25.1 Å². The van der Waals surface area contributed by atoms with Crippen molar-refractivity contribution in [2.45, 2.75) is 46.2 Å². The fourth-order valence-corrected chi connectivity index (χ4v) is 3.99.